The Labute approximate surface area is 110 Å². The van der Waals surface area contributed by atoms with E-state index in [1.165, 1.54) is 51.7 Å². The third-order valence-corrected chi connectivity index (χ3v) is 4.91. The molecule has 0 radical (unpaired) electrons. The molecule has 1 aliphatic heterocycles. The number of benzene rings is 1. The van der Waals surface area contributed by atoms with E-state index in [9.17, 15) is 0 Å². The lowest BCUT2D eigenvalue weighted by Crippen LogP contribution is -2.32. The van der Waals surface area contributed by atoms with Gasteiger partial charge in [-0.25, -0.2) is 0 Å². The number of aryl methyl sites for hydroxylation is 1. The van der Waals surface area contributed by atoms with Crippen LogP contribution in [0.15, 0.2) is 12.1 Å². The summed E-state index contributed by atoms with van der Waals surface area (Å²) in [6.07, 6.45) is 7.07. The molecule has 96 valence electrons. The van der Waals surface area contributed by atoms with Gasteiger partial charge >= 0.3 is 0 Å². The summed E-state index contributed by atoms with van der Waals surface area (Å²) >= 11 is 0. The Morgan fingerprint density at radius 3 is 2.67 bits per heavy atom. The summed E-state index contributed by atoms with van der Waals surface area (Å²) in [6.45, 7) is 6.16. The molecule has 4 rings (SSSR count). The first-order valence-corrected chi connectivity index (χ1v) is 7.64. The van der Waals surface area contributed by atoms with E-state index in [2.05, 4.69) is 24.0 Å². The minimum absolute atomic E-state index is 0.897. The largest absolute Gasteiger partial charge is 0.298 e. The second-order valence-electron chi connectivity index (χ2n) is 6.68. The number of rotatable bonds is 3. The Balaban J connectivity index is 1.58. The highest BCUT2D eigenvalue weighted by Crippen LogP contribution is 2.43. The fourth-order valence-electron chi connectivity index (χ4n) is 3.47. The van der Waals surface area contributed by atoms with Crippen molar-refractivity contribution in [3.8, 4) is 0 Å². The monoisotopic (exact) mass is 241 g/mol. The third kappa shape index (κ3) is 2.09. The first-order chi connectivity index (χ1) is 8.79. The van der Waals surface area contributed by atoms with Crippen LogP contribution in [0.1, 0.15) is 53.9 Å². The smallest absolute Gasteiger partial charge is 0.0236 e. The molecule has 1 aromatic rings. The highest BCUT2D eigenvalue weighted by Gasteiger charge is 2.29. The molecule has 2 saturated carbocycles. The Hall–Kier alpha value is -0.820. The molecule has 0 spiro atoms. The molecule has 0 aromatic heterocycles. The quantitative estimate of drug-likeness (QED) is 0.781. The van der Waals surface area contributed by atoms with E-state index in [1.807, 2.05) is 0 Å². The average molecular weight is 241 g/mol. The summed E-state index contributed by atoms with van der Waals surface area (Å²) in [5.41, 5.74) is 6.47. The van der Waals surface area contributed by atoms with Gasteiger partial charge in [-0.2, -0.15) is 0 Å². The average Bonchev–Trinajstić information content (AvgIpc) is 3.22. The van der Waals surface area contributed by atoms with Gasteiger partial charge < -0.3 is 0 Å². The maximum atomic E-state index is 2.69. The molecule has 0 atom stereocenters. The number of hydrogen-bond acceptors (Lipinski definition) is 1. The highest BCUT2D eigenvalue weighted by molar-refractivity contribution is 5.42. The highest BCUT2D eigenvalue weighted by atomic mass is 15.1. The lowest BCUT2D eigenvalue weighted by molar-refractivity contribution is 0.244. The summed E-state index contributed by atoms with van der Waals surface area (Å²) < 4.78 is 0. The lowest BCUT2D eigenvalue weighted by atomic mass is 9.92. The fourth-order valence-corrected chi connectivity index (χ4v) is 3.47. The van der Waals surface area contributed by atoms with Crippen molar-refractivity contribution in [1.29, 1.82) is 0 Å². The standard InChI is InChI=1S/C17H23N/c1-12-8-15-6-7-18(10-13-2-3-13)11-16(15)9-17(12)14-4-5-14/h8-9,13-14H,2-7,10-11H2,1H3. The zero-order chi connectivity index (χ0) is 12.1. The first kappa shape index (κ1) is 11.0. The van der Waals surface area contributed by atoms with Gasteiger partial charge in [-0.05, 0) is 73.1 Å². The van der Waals surface area contributed by atoms with Crippen LogP contribution in [0.3, 0.4) is 0 Å². The SMILES string of the molecule is Cc1cc2c(cc1C1CC1)CN(CC1CC1)CC2. The van der Waals surface area contributed by atoms with Crippen molar-refractivity contribution in [1.82, 2.24) is 4.90 Å². The second kappa shape index (κ2) is 4.09. The maximum absolute atomic E-state index is 2.69. The Morgan fingerprint density at radius 1 is 1.11 bits per heavy atom. The van der Waals surface area contributed by atoms with E-state index in [4.69, 9.17) is 0 Å². The minimum atomic E-state index is 0.897. The number of hydrogen-bond donors (Lipinski definition) is 0. The van der Waals surface area contributed by atoms with Gasteiger partial charge in [-0.15, -0.1) is 0 Å². The lowest BCUT2D eigenvalue weighted by Gasteiger charge is -2.29. The van der Waals surface area contributed by atoms with E-state index in [-0.39, 0.29) is 0 Å². The van der Waals surface area contributed by atoms with Crippen LogP contribution in [0.2, 0.25) is 0 Å². The second-order valence-corrected chi connectivity index (χ2v) is 6.68. The van der Waals surface area contributed by atoms with Crippen LogP contribution in [-0.4, -0.2) is 18.0 Å². The zero-order valence-corrected chi connectivity index (χ0v) is 11.4. The van der Waals surface area contributed by atoms with Crippen LogP contribution in [0.4, 0.5) is 0 Å². The molecule has 1 aromatic carbocycles. The summed E-state index contributed by atoms with van der Waals surface area (Å²) in [5, 5.41) is 0. The predicted octanol–water partition coefficient (Wildman–Crippen LogP) is 3.64. The van der Waals surface area contributed by atoms with Crippen molar-refractivity contribution >= 4 is 0 Å². The van der Waals surface area contributed by atoms with Crippen LogP contribution in [-0.2, 0) is 13.0 Å². The van der Waals surface area contributed by atoms with Crippen LogP contribution < -0.4 is 0 Å². The topological polar surface area (TPSA) is 3.24 Å². The molecule has 0 saturated heterocycles. The predicted molar refractivity (Wildman–Crippen MR) is 74.9 cm³/mol. The van der Waals surface area contributed by atoms with E-state index >= 15 is 0 Å². The first-order valence-electron chi connectivity index (χ1n) is 7.64. The van der Waals surface area contributed by atoms with E-state index in [0.717, 1.165) is 11.8 Å². The number of nitrogens with zero attached hydrogens (tertiary/aromatic N) is 1. The third-order valence-electron chi connectivity index (χ3n) is 4.91. The summed E-state index contributed by atoms with van der Waals surface area (Å²) in [7, 11) is 0. The minimum Gasteiger partial charge on any atom is -0.298 e. The molecule has 3 aliphatic rings. The molecule has 0 unspecified atom stereocenters. The normalized spacial score (nSPS) is 24.1. The van der Waals surface area contributed by atoms with Crippen molar-refractivity contribution in [3.05, 3.63) is 34.4 Å². The van der Waals surface area contributed by atoms with Gasteiger partial charge in [-0.1, -0.05) is 12.1 Å². The van der Waals surface area contributed by atoms with E-state index in [1.54, 1.807) is 22.3 Å². The molecule has 1 nitrogen and oxygen atoms in total. The molecule has 1 heterocycles. The van der Waals surface area contributed by atoms with Crippen LogP contribution in [0.25, 0.3) is 0 Å². The molecule has 2 aliphatic carbocycles. The van der Waals surface area contributed by atoms with Gasteiger partial charge in [0, 0.05) is 19.6 Å². The van der Waals surface area contributed by atoms with Gasteiger partial charge in [0.25, 0.3) is 0 Å². The van der Waals surface area contributed by atoms with Gasteiger partial charge in [0.05, 0.1) is 0 Å². The molecular weight excluding hydrogens is 218 g/mol. The molecule has 2 fully saturated rings. The number of fused-ring (bicyclic) bond motifs is 1. The van der Waals surface area contributed by atoms with Gasteiger partial charge in [0.15, 0.2) is 0 Å². The van der Waals surface area contributed by atoms with Crippen molar-refractivity contribution in [3.63, 3.8) is 0 Å². The van der Waals surface area contributed by atoms with Gasteiger partial charge in [-0.3, -0.25) is 4.90 Å². The van der Waals surface area contributed by atoms with Gasteiger partial charge in [0.1, 0.15) is 0 Å². The molecule has 0 amide bonds. The van der Waals surface area contributed by atoms with Crippen molar-refractivity contribution in [2.75, 3.05) is 13.1 Å². The van der Waals surface area contributed by atoms with Gasteiger partial charge in [0.2, 0.25) is 0 Å². The van der Waals surface area contributed by atoms with Crippen molar-refractivity contribution in [2.24, 2.45) is 5.92 Å². The summed E-state index contributed by atoms with van der Waals surface area (Å²) in [6, 6.07) is 5.03. The van der Waals surface area contributed by atoms with Crippen molar-refractivity contribution in [2.45, 2.75) is 51.5 Å². The van der Waals surface area contributed by atoms with Crippen LogP contribution >= 0.6 is 0 Å². The fraction of sp³-hybridized carbons (Fsp3) is 0.647. The van der Waals surface area contributed by atoms with E-state index < -0.39 is 0 Å². The van der Waals surface area contributed by atoms with Crippen molar-refractivity contribution < 1.29 is 0 Å². The Morgan fingerprint density at radius 2 is 1.94 bits per heavy atom. The summed E-state index contributed by atoms with van der Waals surface area (Å²) in [5.74, 6) is 1.93. The molecule has 0 bridgehead atoms. The molecular formula is C17H23N. The molecule has 0 N–H and O–H groups in total. The zero-order valence-electron chi connectivity index (χ0n) is 11.4. The van der Waals surface area contributed by atoms with Crippen LogP contribution in [0.5, 0.6) is 0 Å². The summed E-state index contributed by atoms with van der Waals surface area (Å²) in [4.78, 5) is 2.69. The Bertz CT molecular complexity index is 469. The van der Waals surface area contributed by atoms with E-state index in [0.29, 0.717) is 0 Å². The molecule has 18 heavy (non-hydrogen) atoms. The Kier molecular flexibility index (Phi) is 2.51. The van der Waals surface area contributed by atoms with Crippen LogP contribution in [0, 0.1) is 12.8 Å². The maximum Gasteiger partial charge on any atom is 0.0236 e. The molecule has 1 heteroatoms.